The number of nitrogens with two attached hydrogens (primary N) is 1. The van der Waals surface area contributed by atoms with Crippen molar-refractivity contribution in [1.82, 2.24) is 9.80 Å². The third-order valence-corrected chi connectivity index (χ3v) is 3.72. The quantitative estimate of drug-likeness (QED) is 0.714. The summed E-state index contributed by atoms with van der Waals surface area (Å²) in [6.07, 6.45) is 6.36. The number of nitrogens with zero attached hydrogens (tertiary/aromatic N) is 2. The fourth-order valence-corrected chi connectivity index (χ4v) is 2.54. The SMILES string of the molecule is NC(=O)CCN1CCN(C(=O)C2CC=CC2)CC1. The number of rotatable bonds is 4. The Morgan fingerprint density at radius 2 is 1.72 bits per heavy atom. The molecule has 5 nitrogen and oxygen atoms in total. The van der Waals surface area contributed by atoms with Gasteiger partial charge < -0.3 is 10.6 Å². The first-order chi connectivity index (χ1) is 8.66. The molecule has 0 saturated carbocycles. The lowest BCUT2D eigenvalue weighted by Gasteiger charge is -2.35. The molecule has 1 saturated heterocycles. The Bertz CT molecular complexity index is 338. The average molecular weight is 251 g/mol. The van der Waals surface area contributed by atoms with Crippen molar-refractivity contribution in [2.75, 3.05) is 32.7 Å². The molecule has 2 aliphatic rings. The molecule has 0 aromatic heterocycles. The number of primary amides is 1. The van der Waals surface area contributed by atoms with Gasteiger partial charge in [-0.15, -0.1) is 0 Å². The molecule has 18 heavy (non-hydrogen) atoms. The molecule has 0 bridgehead atoms. The van der Waals surface area contributed by atoms with Gasteiger partial charge in [0, 0.05) is 45.1 Å². The van der Waals surface area contributed by atoms with Gasteiger partial charge in [-0.3, -0.25) is 14.5 Å². The molecule has 0 atom stereocenters. The lowest BCUT2D eigenvalue weighted by atomic mass is 10.1. The van der Waals surface area contributed by atoms with Gasteiger partial charge in [0.2, 0.25) is 11.8 Å². The zero-order valence-electron chi connectivity index (χ0n) is 10.7. The van der Waals surface area contributed by atoms with Gasteiger partial charge in [-0.2, -0.15) is 0 Å². The predicted octanol–water partition coefficient (Wildman–Crippen LogP) is -0.0278. The van der Waals surface area contributed by atoms with Crippen molar-refractivity contribution in [2.45, 2.75) is 19.3 Å². The molecule has 0 aromatic carbocycles. The van der Waals surface area contributed by atoms with Crippen LogP contribution in [0.4, 0.5) is 0 Å². The number of piperazine rings is 1. The minimum atomic E-state index is -0.259. The normalized spacial score (nSPS) is 21.4. The van der Waals surface area contributed by atoms with Crippen molar-refractivity contribution in [1.29, 1.82) is 0 Å². The van der Waals surface area contributed by atoms with Crippen molar-refractivity contribution in [2.24, 2.45) is 11.7 Å². The molecule has 1 aliphatic carbocycles. The van der Waals surface area contributed by atoms with E-state index in [0.29, 0.717) is 13.0 Å². The van der Waals surface area contributed by atoms with Crippen molar-refractivity contribution < 1.29 is 9.59 Å². The van der Waals surface area contributed by atoms with Crippen molar-refractivity contribution in [3.8, 4) is 0 Å². The van der Waals surface area contributed by atoms with E-state index in [1.165, 1.54) is 0 Å². The van der Waals surface area contributed by atoms with E-state index in [2.05, 4.69) is 17.1 Å². The number of hydrogen-bond donors (Lipinski definition) is 1. The van der Waals surface area contributed by atoms with Gasteiger partial charge in [0.25, 0.3) is 0 Å². The van der Waals surface area contributed by atoms with Crippen LogP contribution in [0, 0.1) is 5.92 Å². The Hall–Kier alpha value is -1.36. The number of carbonyl (C=O) groups is 2. The summed E-state index contributed by atoms with van der Waals surface area (Å²) >= 11 is 0. The second-order valence-electron chi connectivity index (χ2n) is 5.02. The minimum absolute atomic E-state index is 0.169. The zero-order chi connectivity index (χ0) is 13.0. The molecule has 2 rings (SSSR count). The Morgan fingerprint density at radius 1 is 1.11 bits per heavy atom. The summed E-state index contributed by atoms with van der Waals surface area (Å²) in [6.45, 7) is 3.95. The molecule has 0 radical (unpaired) electrons. The molecule has 100 valence electrons. The van der Waals surface area contributed by atoms with E-state index in [-0.39, 0.29) is 17.7 Å². The molecule has 2 N–H and O–H groups in total. The summed E-state index contributed by atoms with van der Waals surface area (Å²) in [5, 5.41) is 0. The Labute approximate surface area is 108 Å². The highest BCUT2D eigenvalue weighted by atomic mass is 16.2. The Kier molecular flexibility index (Phi) is 4.36. The van der Waals surface area contributed by atoms with Crippen molar-refractivity contribution >= 4 is 11.8 Å². The van der Waals surface area contributed by atoms with Gasteiger partial charge in [0.1, 0.15) is 0 Å². The molecule has 1 heterocycles. The predicted molar refractivity (Wildman–Crippen MR) is 68.7 cm³/mol. The zero-order valence-corrected chi connectivity index (χ0v) is 10.7. The fraction of sp³-hybridized carbons (Fsp3) is 0.692. The molecule has 0 aromatic rings. The maximum atomic E-state index is 12.2. The van der Waals surface area contributed by atoms with E-state index in [0.717, 1.165) is 39.0 Å². The third kappa shape index (κ3) is 3.32. The molecule has 0 spiro atoms. The van der Waals surface area contributed by atoms with Crippen molar-refractivity contribution in [3.05, 3.63) is 12.2 Å². The summed E-state index contributed by atoms with van der Waals surface area (Å²) in [5.74, 6) is 0.197. The first-order valence-electron chi connectivity index (χ1n) is 6.61. The van der Waals surface area contributed by atoms with Gasteiger partial charge in [-0.1, -0.05) is 12.2 Å². The highest BCUT2D eigenvalue weighted by Crippen LogP contribution is 2.21. The van der Waals surface area contributed by atoms with Crippen LogP contribution in [0.25, 0.3) is 0 Å². The molecule has 1 fully saturated rings. The maximum Gasteiger partial charge on any atom is 0.226 e. The molecule has 0 unspecified atom stereocenters. The van der Waals surface area contributed by atoms with Crippen LogP contribution in [-0.4, -0.2) is 54.3 Å². The number of hydrogen-bond acceptors (Lipinski definition) is 3. The lowest BCUT2D eigenvalue weighted by molar-refractivity contribution is -0.137. The largest absolute Gasteiger partial charge is 0.370 e. The van der Waals surface area contributed by atoms with E-state index in [9.17, 15) is 9.59 Å². The maximum absolute atomic E-state index is 12.2. The van der Waals surface area contributed by atoms with Crippen LogP contribution >= 0.6 is 0 Å². The summed E-state index contributed by atoms with van der Waals surface area (Å²) in [7, 11) is 0. The molecular formula is C13H21N3O2. The Balaban J connectivity index is 1.72. The van der Waals surface area contributed by atoms with E-state index >= 15 is 0 Å². The van der Waals surface area contributed by atoms with Gasteiger partial charge in [0.15, 0.2) is 0 Å². The van der Waals surface area contributed by atoms with Gasteiger partial charge in [-0.05, 0) is 12.8 Å². The number of amides is 2. The monoisotopic (exact) mass is 251 g/mol. The fourth-order valence-electron chi connectivity index (χ4n) is 2.54. The van der Waals surface area contributed by atoms with E-state index < -0.39 is 0 Å². The first kappa shape index (κ1) is 13.1. The molecule has 2 amide bonds. The highest BCUT2D eigenvalue weighted by Gasteiger charge is 2.27. The Morgan fingerprint density at radius 3 is 2.28 bits per heavy atom. The summed E-state index contributed by atoms with van der Waals surface area (Å²) in [6, 6.07) is 0. The summed E-state index contributed by atoms with van der Waals surface area (Å²) in [4.78, 5) is 27.0. The van der Waals surface area contributed by atoms with Crippen LogP contribution in [0.2, 0.25) is 0 Å². The first-order valence-corrected chi connectivity index (χ1v) is 6.61. The third-order valence-electron chi connectivity index (χ3n) is 3.72. The van der Waals surface area contributed by atoms with E-state index in [4.69, 9.17) is 5.73 Å². The molecular weight excluding hydrogens is 230 g/mol. The smallest absolute Gasteiger partial charge is 0.226 e. The second kappa shape index (κ2) is 6.00. The van der Waals surface area contributed by atoms with Crippen LogP contribution in [0.15, 0.2) is 12.2 Å². The van der Waals surface area contributed by atoms with Gasteiger partial charge in [-0.25, -0.2) is 0 Å². The number of allylic oxidation sites excluding steroid dienone is 2. The van der Waals surface area contributed by atoms with Crippen LogP contribution in [-0.2, 0) is 9.59 Å². The number of carbonyl (C=O) groups excluding carboxylic acids is 2. The highest BCUT2D eigenvalue weighted by molar-refractivity contribution is 5.79. The van der Waals surface area contributed by atoms with Crippen LogP contribution < -0.4 is 5.73 Å². The van der Waals surface area contributed by atoms with Crippen molar-refractivity contribution in [3.63, 3.8) is 0 Å². The molecule has 5 heteroatoms. The topological polar surface area (TPSA) is 66.6 Å². The lowest BCUT2D eigenvalue weighted by Crippen LogP contribution is -2.50. The van der Waals surface area contributed by atoms with Gasteiger partial charge in [0.05, 0.1) is 0 Å². The standard InChI is InChI=1S/C13H21N3O2/c14-12(17)5-6-15-7-9-16(10-8-15)13(18)11-3-1-2-4-11/h1-2,11H,3-10H2,(H2,14,17). The van der Waals surface area contributed by atoms with Crippen LogP contribution in [0.5, 0.6) is 0 Å². The van der Waals surface area contributed by atoms with Gasteiger partial charge >= 0.3 is 0 Å². The summed E-state index contributed by atoms with van der Waals surface area (Å²) in [5.41, 5.74) is 5.13. The molecule has 1 aliphatic heterocycles. The second-order valence-corrected chi connectivity index (χ2v) is 5.02. The van der Waals surface area contributed by atoms with Crippen LogP contribution in [0.3, 0.4) is 0 Å². The van der Waals surface area contributed by atoms with E-state index in [1.54, 1.807) is 0 Å². The minimum Gasteiger partial charge on any atom is -0.370 e. The van der Waals surface area contributed by atoms with E-state index in [1.807, 2.05) is 4.90 Å². The average Bonchev–Trinajstić information content (AvgIpc) is 2.90. The van der Waals surface area contributed by atoms with Crippen LogP contribution in [0.1, 0.15) is 19.3 Å². The summed E-state index contributed by atoms with van der Waals surface area (Å²) < 4.78 is 0.